The lowest BCUT2D eigenvalue weighted by Crippen LogP contribution is -1.91. The van der Waals surface area contributed by atoms with Crippen molar-refractivity contribution in [1.82, 2.24) is 10.7 Å². The summed E-state index contributed by atoms with van der Waals surface area (Å²) in [4.78, 5) is 4.26. The van der Waals surface area contributed by atoms with Crippen LogP contribution < -0.4 is 10.5 Å². The van der Waals surface area contributed by atoms with Gasteiger partial charge in [0.05, 0.1) is 5.69 Å². The summed E-state index contributed by atoms with van der Waals surface area (Å²) in [6.07, 6.45) is 0. The second-order valence-electron chi connectivity index (χ2n) is 3.70. The zero-order chi connectivity index (χ0) is 11.5. The molecule has 2 rings (SSSR count). The van der Waals surface area contributed by atoms with Gasteiger partial charge in [-0.15, -0.1) is 0 Å². The molecule has 0 spiro atoms. The van der Waals surface area contributed by atoms with E-state index in [1.165, 1.54) is 0 Å². The first-order valence-electron chi connectivity index (χ1n) is 5.09. The number of benzene rings is 1. The third-order valence-corrected chi connectivity index (χ3v) is 2.25. The first-order chi connectivity index (χ1) is 7.65. The Morgan fingerprint density at radius 2 is 1.94 bits per heavy atom. The van der Waals surface area contributed by atoms with E-state index < -0.39 is 0 Å². The topological polar surface area (TPSA) is 45.9 Å². The lowest BCUT2D eigenvalue weighted by atomic mass is 10.2. The molecule has 0 saturated heterocycles. The fourth-order valence-corrected chi connectivity index (χ4v) is 1.45. The number of aryl methyl sites for hydroxylation is 2. The highest BCUT2D eigenvalue weighted by Crippen LogP contribution is 2.25. The summed E-state index contributed by atoms with van der Waals surface area (Å²) in [7, 11) is 0. The first kappa shape index (κ1) is 10.5. The third kappa shape index (κ3) is 2.31. The van der Waals surface area contributed by atoms with E-state index in [0.717, 1.165) is 17.0 Å². The number of pyridine rings is 1. The van der Waals surface area contributed by atoms with E-state index in [2.05, 4.69) is 4.98 Å². The maximum atomic E-state index is 7.48. The molecule has 0 bridgehead atoms. The monoisotopic (exact) mass is 213 g/mol. The Morgan fingerprint density at radius 3 is 2.62 bits per heavy atom. The minimum Gasteiger partial charge on any atom is -0.439 e. The summed E-state index contributed by atoms with van der Waals surface area (Å²) in [6, 6.07) is 10.9. The van der Waals surface area contributed by atoms with Crippen LogP contribution in [0.3, 0.4) is 0 Å². The van der Waals surface area contributed by atoms with Gasteiger partial charge in [-0.3, -0.25) is 0 Å². The molecule has 0 atom stereocenters. The molecule has 81 valence electrons. The Bertz CT molecular complexity index is 509. The number of rotatable bonds is 2. The van der Waals surface area contributed by atoms with Crippen molar-refractivity contribution in [3.8, 4) is 11.6 Å². The lowest BCUT2D eigenvalue weighted by molar-refractivity contribution is 0.458. The molecule has 0 aliphatic rings. The minimum atomic E-state index is 0.488. The summed E-state index contributed by atoms with van der Waals surface area (Å²) in [5.41, 5.74) is 9.83. The summed E-state index contributed by atoms with van der Waals surface area (Å²) in [5, 5.41) is 0. The second kappa shape index (κ2) is 4.23. The number of aromatic nitrogens is 1. The highest BCUT2D eigenvalue weighted by molar-refractivity contribution is 5.46. The van der Waals surface area contributed by atoms with Crippen LogP contribution in [0.15, 0.2) is 36.4 Å². The molecular weight excluding hydrogens is 200 g/mol. The molecule has 3 nitrogen and oxygen atoms in total. The van der Waals surface area contributed by atoms with Crippen LogP contribution in [0, 0.1) is 13.8 Å². The van der Waals surface area contributed by atoms with Crippen LogP contribution in [0.2, 0.25) is 0 Å². The molecule has 1 aromatic heterocycles. The Hall–Kier alpha value is -2.03. The smallest absolute Gasteiger partial charge is 0.219 e. The van der Waals surface area contributed by atoms with Crippen molar-refractivity contribution in [2.75, 3.05) is 0 Å². The number of ether oxygens (including phenoxy) is 1. The van der Waals surface area contributed by atoms with Crippen LogP contribution in [-0.4, -0.2) is 4.98 Å². The van der Waals surface area contributed by atoms with Gasteiger partial charge >= 0.3 is 0 Å². The highest BCUT2D eigenvalue weighted by atomic mass is 16.5. The highest BCUT2D eigenvalue weighted by Gasteiger charge is 2.02. The van der Waals surface area contributed by atoms with Gasteiger partial charge in [-0.1, -0.05) is 6.07 Å². The van der Waals surface area contributed by atoms with Crippen molar-refractivity contribution in [3.63, 3.8) is 0 Å². The van der Waals surface area contributed by atoms with E-state index in [9.17, 15) is 0 Å². The molecule has 1 radical (unpaired) electrons. The molecule has 16 heavy (non-hydrogen) atoms. The van der Waals surface area contributed by atoms with Gasteiger partial charge in [0.1, 0.15) is 5.75 Å². The molecule has 1 heterocycles. The predicted molar refractivity (Wildman–Crippen MR) is 63.0 cm³/mol. The van der Waals surface area contributed by atoms with E-state index in [1.54, 1.807) is 18.2 Å². The molecule has 0 aliphatic carbocycles. The normalized spacial score (nSPS) is 10.1. The van der Waals surface area contributed by atoms with Gasteiger partial charge in [-0.25, -0.2) is 4.98 Å². The Morgan fingerprint density at radius 1 is 1.12 bits per heavy atom. The number of nitrogens with zero attached hydrogens (tertiary/aromatic N) is 1. The molecule has 0 aliphatic heterocycles. The third-order valence-electron chi connectivity index (χ3n) is 2.25. The number of hydrogen-bond donors (Lipinski definition) is 0. The molecule has 0 fully saturated rings. The van der Waals surface area contributed by atoms with Crippen molar-refractivity contribution in [3.05, 3.63) is 47.7 Å². The van der Waals surface area contributed by atoms with Gasteiger partial charge < -0.3 is 10.5 Å². The first-order valence-corrected chi connectivity index (χ1v) is 5.09. The number of nitrogens with one attached hydrogen (secondary N) is 1. The molecule has 1 aromatic carbocycles. The fraction of sp³-hybridized carbons (Fsp3) is 0.154. The SMILES string of the molecule is Cc1cccc(Oc2ccc([NH])cc2C)n1. The Balaban J connectivity index is 2.27. The largest absolute Gasteiger partial charge is 0.439 e. The van der Waals surface area contributed by atoms with E-state index in [0.29, 0.717) is 11.6 Å². The van der Waals surface area contributed by atoms with Crippen molar-refractivity contribution in [2.45, 2.75) is 13.8 Å². The molecule has 0 amide bonds. The summed E-state index contributed by atoms with van der Waals surface area (Å²) in [6.45, 7) is 3.84. The Labute approximate surface area is 94.9 Å². The van der Waals surface area contributed by atoms with Gasteiger partial charge in [0.15, 0.2) is 0 Å². The summed E-state index contributed by atoms with van der Waals surface area (Å²) in [5.74, 6) is 1.33. The van der Waals surface area contributed by atoms with Crippen LogP contribution in [0.4, 0.5) is 5.69 Å². The van der Waals surface area contributed by atoms with E-state index in [-0.39, 0.29) is 0 Å². The maximum absolute atomic E-state index is 7.48. The molecule has 1 N–H and O–H groups in total. The predicted octanol–water partition coefficient (Wildman–Crippen LogP) is 3.41. The van der Waals surface area contributed by atoms with E-state index in [4.69, 9.17) is 10.5 Å². The van der Waals surface area contributed by atoms with Crippen LogP contribution >= 0.6 is 0 Å². The van der Waals surface area contributed by atoms with Crippen LogP contribution in [0.1, 0.15) is 11.3 Å². The van der Waals surface area contributed by atoms with Crippen LogP contribution in [0.5, 0.6) is 11.6 Å². The van der Waals surface area contributed by atoms with Crippen LogP contribution in [-0.2, 0) is 0 Å². The molecule has 2 aromatic rings. The quantitative estimate of drug-likeness (QED) is 0.767. The number of hydrogen-bond acceptors (Lipinski definition) is 2. The average molecular weight is 213 g/mol. The maximum Gasteiger partial charge on any atom is 0.219 e. The zero-order valence-corrected chi connectivity index (χ0v) is 9.32. The van der Waals surface area contributed by atoms with E-state index >= 15 is 0 Å². The van der Waals surface area contributed by atoms with Gasteiger partial charge in [-0.05, 0) is 43.7 Å². The Kier molecular flexibility index (Phi) is 2.77. The van der Waals surface area contributed by atoms with Gasteiger partial charge in [0.25, 0.3) is 0 Å². The standard InChI is InChI=1S/C13H13N2O/c1-9-8-11(14)6-7-12(9)16-13-5-3-4-10(2)15-13/h3-8,14H,1-2H3. The average Bonchev–Trinajstić information content (AvgIpc) is 2.22. The zero-order valence-electron chi connectivity index (χ0n) is 9.32. The summed E-state index contributed by atoms with van der Waals surface area (Å²) < 4.78 is 5.65. The molecular formula is C13H13N2O. The second-order valence-corrected chi connectivity index (χ2v) is 3.70. The van der Waals surface area contributed by atoms with E-state index in [1.807, 2.05) is 32.0 Å². The minimum absolute atomic E-state index is 0.488. The van der Waals surface area contributed by atoms with Gasteiger partial charge in [0, 0.05) is 11.8 Å². The van der Waals surface area contributed by atoms with Gasteiger partial charge in [0.2, 0.25) is 5.88 Å². The lowest BCUT2D eigenvalue weighted by Gasteiger charge is -2.08. The molecule has 3 heteroatoms. The molecule has 0 saturated carbocycles. The van der Waals surface area contributed by atoms with Crippen molar-refractivity contribution >= 4 is 5.69 Å². The van der Waals surface area contributed by atoms with Gasteiger partial charge in [-0.2, -0.15) is 0 Å². The molecule has 0 unspecified atom stereocenters. The summed E-state index contributed by atoms with van der Waals surface area (Å²) >= 11 is 0. The van der Waals surface area contributed by atoms with Crippen molar-refractivity contribution in [1.29, 1.82) is 0 Å². The van der Waals surface area contributed by atoms with Crippen molar-refractivity contribution in [2.24, 2.45) is 0 Å². The van der Waals surface area contributed by atoms with Crippen molar-refractivity contribution < 1.29 is 4.74 Å². The fourth-order valence-electron chi connectivity index (χ4n) is 1.45. The van der Waals surface area contributed by atoms with Crippen LogP contribution in [0.25, 0.3) is 0 Å².